The lowest BCUT2D eigenvalue weighted by atomic mass is 9.98. The van der Waals surface area contributed by atoms with Gasteiger partial charge in [0.1, 0.15) is 0 Å². The molecule has 0 atom stereocenters. The van der Waals surface area contributed by atoms with Crippen LogP contribution >= 0.6 is 0 Å². The van der Waals surface area contributed by atoms with Gasteiger partial charge in [0.25, 0.3) is 5.91 Å². The second-order valence-electron chi connectivity index (χ2n) is 7.48. The molecule has 0 aliphatic carbocycles. The van der Waals surface area contributed by atoms with Crippen LogP contribution < -0.4 is 14.8 Å². The first-order valence-electron chi connectivity index (χ1n) is 10.5. The summed E-state index contributed by atoms with van der Waals surface area (Å²) in [5.41, 5.74) is 4.98. The molecular formula is C24H30N2O4. The maximum atomic E-state index is 12.7. The van der Waals surface area contributed by atoms with Crippen molar-refractivity contribution in [1.29, 1.82) is 0 Å². The van der Waals surface area contributed by atoms with E-state index >= 15 is 0 Å². The van der Waals surface area contributed by atoms with Crippen LogP contribution in [0.25, 0.3) is 0 Å². The van der Waals surface area contributed by atoms with Gasteiger partial charge in [-0.1, -0.05) is 6.07 Å². The largest absolute Gasteiger partial charge is 0.490 e. The third kappa shape index (κ3) is 4.93. The average molecular weight is 411 g/mol. The fourth-order valence-corrected chi connectivity index (χ4v) is 3.57. The van der Waals surface area contributed by atoms with Crippen LogP contribution in [0.1, 0.15) is 46.5 Å². The lowest BCUT2D eigenvalue weighted by Crippen LogP contribution is -2.42. The zero-order chi connectivity index (χ0) is 21.7. The maximum Gasteiger partial charge on any atom is 0.251 e. The quantitative estimate of drug-likeness (QED) is 0.760. The van der Waals surface area contributed by atoms with Crippen molar-refractivity contribution in [2.24, 2.45) is 0 Å². The highest BCUT2D eigenvalue weighted by Crippen LogP contribution is 2.33. The third-order valence-corrected chi connectivity index (χ3v) is 5.40. The smallest absolute Gasteiger partial charge is 0.251 e. The Balaban J connectivity index is 1.64. The summed E-state index contributed by atoms with van der Waals surface area (Å²) >= 11 is 0. The summed E-state index contributed by atoms with van der Waals surface area (Å²) in [5, 5.41) is 2.75. The summed E-state index contributed by atoms with van der Waals surface area (Å²) in [6.07, 6.45) is 0.749. The number of nitrogens with one attached hydrogen (secondary N) is 1. The van der Waals surface area contributed by atoms with E-state index in [1.807, 2.05) is 52.0 Å². The number of nitrogens with zero attached hydrogens (tertiary/aromatic N) is 1. The van der Waals surface area contributed by atoms with Crippen LogP contribution in [0.5, 0.6) is 11.5 Å². The first-order chi connectivity index (χ1) is 14.4. The molecule has 0 radical (unpaired) electrons. The molecule has 6 heteroatoms. The van der Waals surface area contributed by atoms with E-state index in [4.69, 9.17) is 9.47 Å². The second kappa shape index (κ2) is 9.65. The molecule has 2 aromatic carbocycles. The molecule has 160 valence electrons. The molecule has 0 spiro atoms. The first-order valence-corrected chi connectivity index (χ1v) is 10.5. The molecule has 0 fully saturated rings. The summed E-state index contributed by atoms with van der Waals surface area (Å²) < 4.78 is 11.4. The standard InChI is InChI=1S/C24H30N2O4/c1-5-29-21-12-18-9-10-26(15-20(18)13-22(21)30-6-2)23(27)14-25-24(28)19-8-7-16(3)17(4)11-19/h7-8,11-13H,5-6,9-10,14-15H2,1-4H3,(H,25,28). The lowest BCUT2D eigenvalue weighted by Gasteiger charge is -2.30. The number of amides is 2. The summed E-state index contributed by atoms with van der Waals surface area (Å²) in [7, 11) is 0. The number of benzene rings is 2. The van der Waals surface area contributed by atoms with Crippen molar-refractivity contribution in [3.05, 3.63) is 58.1 Å². The van der Waals surface area contributed by atoms with Crippen LogP contribution in [0.2, 0.25) is 0 Å². The monoisotopic (exact) mass is 410 g/mol. The number of ether oxygens (including phenoxy) is 2. The number of hydrogen-bond donors (Lipinski definition) is 1. The molecule has 2 amide bonds. The molecule has 0 bridgehead atoms. The van der Waals surface area contributed by atoms with E-state index in [1.54, 1.807) is 11.0 Å². The lowest BCUT2D eigenvalue weighted by molar-refractivity contribution is -0.131. The second-order valence-corrected chi connectivity index (χ2v) is 7.48. The number of fused-ring (bicyclic) bond motifs is 1. The molecule has 0 unspecified atom stereocenters. The van der Waals surface area contributed by atoms with Gasteiger partial charge in [-0.15, -0.1) is 0 Å². The highest BCUT2D eigenvalue weighted by Gasteiger charge is 2.23. The molecule has 0 saturated carbocycles. The molecule has 1 aliphatic heterocycles. The number of aryl methyl sites for hydroxylation is 2. The van der Waals surface area contributed by atoms with Crippen molar-refractivity contribution in [2.75, 3.05) is 26.3 Å². The summed E-state index contributed by atoms with van der Waals surface area (Å²) in [4.78, 5) is 26.9. The maximum absolute atomic E-state index is 12.7. The van der Waals surface area contributed by atoms with Crippen molar-refractivity contribution < 1.29 is 19.1 Å². The minimum atomic E-state index is -0.233. The van der Waals surface area contributed by atoms with Gasteiger partial charge in [-0.05, 0) is 80.6 Å². The Labute approximate surface area is 178 Å². The summed E-state index contributed by atoms with van der Waals surface area (Å²) in [6.45, 7) is 10.1. The molecule has 6 nitrogen and oxygen atoms in total. The molecule has 0 saturated heterocycles. The first kappa shape index (κ1) is 21.7. The van der Waals surface area contributed by atoms with Gasteiger partial charge in [0.05, 0.1) is 19.8 Å². The zero-order valence-corrected chi connectivity index (χ0v) is 18.2. The van der Waals surface area contributed by atoms with Crippen molar-refractivity contribution in [2.45, 2.75) is 40.7 Å². The van der Waals surface area contributed by atoms with Crippen LogP contribution in [0.15, 0.2) is 30.3 Å². The number of carbonyl (C=O) groups is 2. The predicted octanol–water partition coefficient (Wildman–Crippen LogP) is 3.42. The minimum absolute atomic E-state index is 0.0174. The predicted molar refractivity (Wildman–Crippen MR) is 116 cm³/mol. The van der Waals surface area contributed by atoms with Crippen LogP contribution in [0.4, 0.5) is 0 Å². The van der Waals surface area contributed by atoms with Crippen LogP contribution in [0.3, 0.4) is 0 Å². The van der Waals surface area contributed by atoms with Crippen molar-refractivity contribution in [3.63, 3.8) is 0 Å². The van der Waals surface area contributed by atoms with E-state index in [0.717, 1.165) is 28.9 Å². The Morgan fingerprint density at radius 3 is 2.27 bits per heavy atom. The van der Waals surface area contributed by atoms with Crippen LogP contribution in [-0.2, 0) is 17.8 Å². The number of carbonyl (C=O) groups excluding carboxylic acids is 2. The Kier molecular flexibility index (Phi) is 6.98. The highest BCUT2D eigenvalue weighted by atomic mass is 16.5. The van der Waals surface area contributed by atoms with Crippen molar-refractivity contribution in [3.8, 4) is 11.5 Å². The van der Waals surface area contributed by atoms with Crippen molar-refractivity contribution in [1.82, 2.24) is 10.2 Å². The number of hydrogen-bond acceptors (Lipinski definition) is 4. The number of rotatable bonds is 7. The van der Waals surface area contributed by atoms with Gasteiger partial charge in [-0.2, -0.15) is 0 Å². The van der Waals surface area contributed by atoms with E-state index in [1.165, 1.54) is 5.56 Å². The molecule has 3 rings (SSSR count). The third-order valence-electron chi connectivity index (χ3n) is 5.40. The highest BCUT2D eigenvalue weighted by molar-refractivity contribution is 5.96. The summed E-state index contributed by atoms with van der Waals surface area (Å²) in [6, 6.07) is 9.53. The van der Waals surface area contributed by atoms with Gasteiger partial charge >= 0.3 is 0 Å². The fourth-order valence-electron chi connectivity index (χ4n) is 3.57. The topological polar surface area (TPSA) is 67.9 Å². The molecular weight excluding hydrogens is 380 g/mol. The average Bonchev–Trinajstić information content (AvgIpc) is 2.74. The molecule has 1 heterocycles. The Hall–Kier alpha value is -3.02. The van der Waals surface area contributed by atoms with Gasteiger partial charge < -0.3 is 19.7 Å². The molecule has 2 aromatic rings. The molecule has 0 aromatic heterocycles. The van der Waals surface area contributed by atoms with E-state index < -0.39 is 0 Å². The van der Waals surface area contributed by atoms with Crippen LogP contribution in [-0.4, -0.2) is 43.0 Å². The van der Waals surface area contributed by atoms with Crippen molar-refractivity contribution >= 4 is 11.8 Å². The van der Waals surface area contributed by atoms with Gasteiger partial charge in [-0.3, -0.25) is 9.59 Å². The molecule has 30 heavy (non-hydrogen) atoms. The van der Waals surface area contributed by atoms with E-state index in [-0.39, 0.29) is 18.4 Å². The van der Waals surface area contributed by atoms with E-state index in [9.17, 15) is 9.59 Å². The Morgan fingerprint density at radius 1 is 0.967 bits per heavy atom. The normalized spacial score (nSPS) is 12.9. The summed E-state index contributed by atoms with van der Waals surface area (Å²) in [5.74, 6) is 1.13. The zero-order valence-electron chi connectivity index (χ0n) is 18.2. The van der Waals surface area contributed by atoms with Gasteiger partial charge in [0.2, 0.25) is 5.91 Å². The minimum Gasteiger partial charge on any atom is -0.490 e. The Morgan fingerprint density at radius 2 is 1.63 bits per heavy atom. The van der Waals surface area contributed by atoms with Gasteiger partial charge in [-0.25, -0.2) is 0 Å². The van der Waals surface area contributed by atoms with Gasteiger partial charge in [0, 0.05) is 18.7 Å². The molecule has 1 N–H and O–H groups in total. The Bertz CT molecular complexity index is 939. The van der Waals surface area contributed by atoms with Crippen LogP contribution in [0, 0.1) is 13.8 Å². The van der Waals surface area contributed by atoms with E-state index in [0.29, 0.717) is 37.6 Å². The van der Waals surface area contributed by atoms with Gasteiger partial charge in [0.15, 0.2) is 11.5 Å². The SMILES string of the molecule is CCOc1cc2c(cc1OCC)CN(C(=O)CNC(=O)c1ccc(C)c(C)c1)CC2. The van der Waals surface area contributed by atoms with E-state index in [2.05, 4.69) is 5.32 Å². The fraction of sp³-hybridized carbons (Fsp3) is 0.417. The molecule has 1 aliphatic rings.